The largest absolute Gasteiger partial charge is 0.310 e. The van der Waals surface area contributed by atoms with Crippen LogP contribution in [-0.4, -0.2) is 46.3 Å². The lowest BCUT2D eigenvalue weighted by atomic mass is 10.1. The van der Waals surface area contributed by atoms with E-state index >= 15 is 0 Å². The first kappa shape index (κ1) is 12.5. The molecular formula is C12H23N5. The first-order chi connectivity index (χ1) is 8.16. The number of hydrogen-bond acceptors (Lipinski definition) is 4. The van der Waals surface area contributed by atoms with Crippen molar-refractivity contribution in [3.8, 4) is 0 Å². The van der Waals surface area contributed by atoms with Crippen molar-refractivity contribution in [2.45, 2.75) is 32.9 Å². The highest BCUT2D eigenvalue weighted by molar-refractivity contribution is 4.86. The molecule has 0 aromatic carbocycles. The summed E-state index contributed by atoms with van der Waals surface area (Å²) in [5.74, 6) is 1.82. The van der Waals surface area contributed by atoms with Gasteiger partial charge in [-0.1, -0.05) is 0 Å². The molecule has 1 saturated heterocycles. The lowest BCUT2D eigenvalue weighted by Gasteiger charge is -2.13. The first-order valence-corrected chi connectivity index (χ1v) is 6.44. The zero-order valence-electron chi connectivity index (χ0n) is 11.1. The Morgan fingerprint density at radius 3 is 3.00 bits per heavy atom. The van der Waals surface area contributed by atoms with Gasteiger partial charge in [0.05, 0.1) is 6.54 Å². The number of nitrogens with one attached hydrogen (secondary N) is 1. The second kappa shape index (κ2) is 5.60. The molecule has 96 valence electrons. The van der Waals surface area contributed by atoms with Gasteiger partial charge in [0, 0.05) is 12.6 Å². The minimum absolute atomic E-state index is 0.381. The molecule has 5 nitrogen and oxygen atoms in total. The third kappa shape index (κ3) is 3.26. The summed E-state index contributed by atoms with van der Waals surface area (Å²) in [6.07, 6.45) is 2.95. The van der Waals surface area contributed by atoms with Crippen molar-refractivity contribution in [3.63, 3.8) is 0 Å². The lowest BCUT2D eigenvalue weighted by molar-refractivity contribution is 0.386. The zero-order chi connectivity index (χ0) is 12.3. The molecule has 0 aliphatic carbocycles. The minimum atomic E-state index is 0.381. The maximum atomic E-state index is 4.30. The van der Waals surface area contributed by atoms with Crippen molar-refractivity contribution in [3.05, 3.63) is 12.2 Å². The molecule has 5 heteroatoms. The van der Waals surface area contributed by atoms with Crippen molar-refractivity contribution in [2.24, 2.45) is 5.92 Å². The minimum Gasteiger partial charge on any atom is -0.310 e. The highest BCUT2D eigenvalue weighted by Gasteiger charge is 2.18. The average molecular weight is 237 g/mol. The normalized spacial score (nSPS) is 21.5. The Bertz CT molecular complexity index is 346. The summed E-state index contributed by atoms with van der Waals surface area (Å²) < 4.78 is 1.98. The third-order valence-electron chi connectivity index (χ3n) is 3.34. The van der Waals surface area contributed by atoms with Crippen molar-refractivity contribution >= 4 is 0 Å². The molecule has 1 aliphatic heterocycles. The molecule has 0 spiro atoms. The molecule has 0 saturated carbocycles. The summed E-state index contributed by atoms with van der Waals surface area (Å²) in [5, 5.41) is 7.73. The second-order valence-corrected chi connectivity index (χ2v) is 5.26. The van der Waals surface area contributed by atoms with E-state index < -0.39 is 0 Å². The van der Waals surface area contributed by atoms with Gasteiger partial charge in [0.15, 0.2) is 0 Å². The molecule has 1 aromatic rings. The number of rotatable bonds is 5. The number of hydrogen-bond donors (Lipinski definition) is 1. The summed E-state index contributed by atoms with van der Waals surface area (Å²) in [6.45, 7) is 8.60. The van der Waals surface area contributed by atoms with Crippen molar-refractivity contribution < 1.29 is 0 Å². The molecule has 1 unspecified atom stereocenters. The maximum Gasteiger partial charge on any atom is 0.141 e. The van der Waals surface area contributed by atoms with Crippen LogP contribution in [0.5, 0.6) is 0 Å². The Labute approximate surface area is 103 Å². The molecule has 2 rings (SSSR count). The van der Waals surface area contributed by atoms with Gasteiger partial charge in [-0.25, -0.2) is 9.67 Å². The maximum absolute atomic E-state index is 4.30. The van der Waals surface area contributed by atoms with Gasteiger partial charge in [0.25, 0.3) is 0 Å². The standard InChI is InChI=1S/C12H23N5/c1-10(2)17-12(14-9-15-17)7-13-6-11-4-5-16(3)8-11/h9-11,13H,4-8H2,1-3H3. The number of aromatic nitrogens is 3. The molecule has 1 aliphatic rings. The van der Waals surface area contributed by atoms with Crippen LogP contribution < -0.4 is 5.32 Å². The number of likely N-dealkylation sites (tertiary alicyclic amines) is 1. The highest BCUT2D eigenvalue weighted by atomic mass is 15.4. The van der Waals surface area contributed by atoms with Crippen molar-refractivity contribution in [1.29, 1.82) is 0 Å². The Morgan fingerprint density at radius 1 is 1.53 bits per heavy atom. The van der Waals surface area contributed by atoms with Gasteiger partial charge < -0.3 is 10.2 Å². The summed E-state index contributed by atoms with van der Waals surface area (Å²) in [5.41, 5.74) is 0. The monoisotopic (exact) mass is 237 g/mol. The fraction of sp³-hybridized carbons (Fsp3) is 0.833. The summed E-state index contributed by atoms with van der Waals surface area (Å²) in [6, 6.07) is 0.381. The molecule has 1 atom stereocenters. The van der Waals surface area contributed by atoms with Gasteiger partial charge >= 0.3 is 0 Å². The lowest BCUT2D eigenvalue weighted by Crippen LogP contribution is -2.26. The Morgan fingerprint density at radius 2 is 2.35 bits per heavy atom. The average Bonchev–Trinajstić information content (AvgIpc) is 2.87. The van der Waals surface area contributed by atoms with Crippen LogP contribution in [0.25, 0.3) is 0 Å². The van der Waals surface area contributed by atoms with Gasteiger partial charge in [0.2, 0.25) is 0 Å². The van der Waals surface area contributed by atoms with Crippen LogP contribution in [0, 0.1) is 5.92 Å². The Kier molecular flexibility index (Phi) is 4.12. The second-order valence-electron chi connectivity index (χ2n) is 5.26. The summed E-state index contributed by atoms with van der Waals surface area (Å²) in [4.78, 5) is 6.69. The molecule has 0 radical (unpaired) electrons. The molecule has 1 fully saturated rings. The summed E-state index contributed by atoms with van der Waals surface area (Å²) >= 11 is 0. The fourth-order valence-corrected chi connectivity index (χ4v) is 2.41. The van der Waals surface area contributed by atoms with E-state index in [1.165, 1.54) is 19.5 Å². The van der Waals surface area contributed by atoms with Gasteiger partial charge in [-0.2, -0.15) is 5.10 Å². The smallest absolute Gasteiger partial charge is 0.141 e. The molecular weight excluding hydrogens is 214 g/mol. The van der Waals surface area contributed by atoms with Crippen molar-refractivity contribution in [1.82, 2.24) is 25.0 Å². The van der Waals surface area contributed by atoms with Crippen LogP contribution in [0.4, 0.5) is 0 Å². The van der Waals surface area contributed by atoms with E-state index in [9.17, 15) is 0 Å². The fourth-order valence-electron chi connectivity index (χ4n) is 2.41. The van der Waals surface area contributed by atoms with E-state index in [2.05, 4.69) is 41.2 Å². The van der Waals surface area contributed by atoms with Gasteiger partial charge in [-0.05, 0) is 46.3 Å². The van der Waals surface area contributed by atoms with Crippen LogP contribution in [0.3, 0.4) is 0 Å². The van der Waals surface area contributed by atoms with Crippen LogP contribution in [0.1, 0.15) is 32.1 Å². The predicted molar refractivity (Wildman–Crippen MR) is 67.7 cm³/mol. The van der Waals surface area contributed by atoms with E-state index in [1.54, 1.807) is 6.33 Å². The van der Waals surface area contributed by atoms with Gasteiger partial charge in [-0.3, -0.25) is 0 Å². The predicted octanol–water partition coefficient (Wildman–Crippen LogP) is 0.900. The van der Waals surface area contributed by atoms with E-state index in [1.807, 2.05) is 4.68 Å². The summed E-state index contributed by atoms with van der Waals surface area (Å²) in [7, 11) is 2.19. The van der Waals surface area contributed by atoms with E-state index in [-0.39, 0.29) is 0 Å². The number of nitrogens with zero attached hydrogens (tertiary/aromatic N) is 4. The SMILES string of the molecule is CC(C)n1ncnc1CNCC1CCN(C)C1. The van der Waals surface area contributed by atoms with Crippen LogP contribution in [-0.2, 0) is 6.54 Å². The van der Waals surface area contributed by atoms with E-state index in [4.69, 9.17) is 0 Å². The van der Waals surface area contributed by atoms with Gasteiger partial charge in [-0.15, -0.1) is 0 Å². The van der Waals surface area contributed by atoms with Crippen molar-refractivity contribution in [2.75, 3.05) is 26.7 Å². The molecule has 1 aromatic heterocycles. The van der Waals surface area contributed by atoms with Crippen LogP contribution in [0.15, 0.2) is 6.33 Å². The molecule has 17 heavy (non-hydrogen) atoms. The highest BCUT2D eigenvalue weighted by Crippen LogP contribution is 2.13. The van der Waals surface area contributed by atoms with Crippen LogP contribution in [0.2, 0.25) is 0 Å². The van der Waals surface area contributed by atoms with E-state index in [0.717, 1.165) is 24.8 Å². The first-order valence-electron chi connectivity index (χ1n) is 6.44. The molecule has 2 heterocycles. The Hall–Kier alpha value is -0.940. The molecule has 1 N–H and O–H groups in total. The zero-order valence-corrected chi connectivity index (χ0v) is 11.1. The molecule has 0 bridgehead atoms. The van der Waals surface area contributed by atoms with Gasteiger partial charge in [0.1, 0.15) is 12.2 Å². The topological polar surface area (TPSA) is 46.0 Å². The van der Waals surface area contributed by atoms with Crippen LogP contribution >= 0.6 is 0 Å². The third-order valence-corrected chi connectivity index (χ3v) is 3.34. The molecule has 0 amide bonds. The Balaban J connectivity index is 1.76. The quantitative estimate of drug-likeness (QED) is 0.826. The van der Waals surface area contributed by atoms with E-state index in [0.29, 0.717) is 6.04 Å².